The van der Waals surface area contributed by atoms with Crippen LogP contribution in [0.5, 0.6) is 46.3 Å². The van der Waals surface area contributed by atoms with Gasteiger partial charge in [0.1, 0.15) is 37.9 Å². The van der Waals surface area contributed by atoms with Gasteiger partial charge in [-0.3, -0.25) is 13.9 Å². The van der Waals surface area contributed by atoms with E-state index in [1.54, 1.807) is 53.6 Å². The fourth-order valence-electron chi connectivity index (χ4n) is 7.76. The summed E-state index contributed by atoms with van der Waals surface area (Å²) < 4.78 is 49.0. The molecule has 1 N–H and O–H groups in total. The van der Waals surface area contributed by atoms with E-state index in [2.05, 4.69) is 9.97 Å². The summed E-state index contributed by atoms with van der Waals surface area (Å²) in [5.74, 6) is 3.10. The molecule has 6 heterocycles. The first kappa shape index (κ1) is 43.2. The quantitative estimate of drug-likeness (QED) is 0.182. The standard InChI is InChI=1S/C25H25N3O6.C23H20N2O7/c1-27(2)24(29)15-31-17-7-8-19-16(11-17)9-10-28-20(19)12-23(26-25(28)30)33-14-18-13-32-21-5-3-4-6-22(21)34-18;26-22(27)13-29-15-5-6-17-14(9-15)7-8-25-18(17)10-21(24-23(25)28)31-12-16-11-30-19-3-1-2-4-20(19)32-16/h3-8,11-12,18H,9-10,13-15H2,1-2H3;1-6,9-10,16H,7-8,11-13H2,(H,26,27). The molecule has 0 saturated carbocycles. The molecule has 0 aliphatic carbocycles. The molecule has 2 unspecified atom stereocenters. The summed E-state index contributed by atoms with van der Waals surface area (Å²) in [7, 11) is 3.38. The smallest absolute Gasteiger partial charge is 0.351 e. The number of hydrogen-bond acceptors (Lipinski definition) is 14. The van der Waals surface area contributed by atoms with Crippen LogP contribution in [0.4, 0.5) is 0 Å². The molecular formula is C48H45N5O13. The van der Waals surface area contributed by atoms with Gasteiger partial charge in [0.15, 0.2) is 48.4 Å². The van der Waals surface area contributed by atoms with Crippen molar-refractivity contribution in [1.29, 1.82) is 0 Å². The number of likely N-dealkylation sites (N-methyl/N-ethyl adjacent to an activating group) is 1. The summed E-state index contributed by atoms with van der Waals surface area (Å²) in [6.45, 7) is 1.60. The van der Waals surface area contributed by atoms with Gasteiger partial charge in [-0.2, -0.15) is 9.97 Å². The molecule has 0 radical (unpaired) electrons. The number of carboxylic acid groups (broad SMARTS) is 1. The predicted octanol–water partition coefficient (Wildman–Crippen LogP) is 4.30. The highest BCUT2D eigenvalue weighted by Crippen LogP contribution is 2.36. The molecule has 66 heavy (non-hydrogen) atoms. The van der Waals surface area contributed by atoms with Crippen molar-refractivity contribution in [1.82, 2.24) is 24.0 Å². The molecule has 2 atom stereocenters. The molecule has 0 spiro atoms. The third-order valence-corrected chi connectivity index (χ3v) is 11.1. The number of hydrogen-bond donors (Lipinski definition) is 1. The summed E-state index contributed by atoms with van der Waals surface area (Å²) in [6.07, 6.45) is 0.635. The van der Waals surface area contributed by atoms with Gasteiger partial charge in [-0.25, -0.2) is 14.4 Å². The molecule has 4 aromatic carbocycles. The monoisotopic (exact) mass is 899 g/mol. The highest BCUT2D eigenvalue weighted by Gasteiger charge is 2.26. The summed E-state index contributed by atoms with van der Waals surface area (Å²) >= 11 is 0. The van der Waals surface area contributed by atoms with Gasteiger partial charge in [-0.1, -0.05) is 24.3 Å². The fraction of sp³-hybridized carbons (Fsp3) is 0.292. The third kappa shape index (κ3) is 9.71. The van der Waals surface area contributed by atoms with Gasteiger partial charge in [-0.05, 0) is 84.6 Å². The summed E-state index contributed by atoms with van der Waals surface area (Å²) in [5.41, 5.74) is 4.44. The second kappa shape index (κ2) is 19.0. The number of para-hydroxylation sites is 4. The van der Waals surface area contributed by atoms with E-state index in [0.29, 0.717) is 79.3 Å². The lowest BCUT2D eigenvalue weighted by atomic mass is 9.97. The number of amides is 1. The van der Waals surface area contributed by atoms with Gasteiger partial charge in [0, 0.05) is 50.4 Å². The van der Waals surface area contributed by atoms with Crippen molar-refractivity contribution in [2.75, 3.05) is 53.7 Å². The van der Waals surface area contributed by atoms with E-state index in [9.17, 15) is 19.2 Å². The number of nitrogens with zero attached hydrogens (tertiary/aromatic N) is 5. The van der Waals surface area contributed by atoms with Crippen LogP contribution in [0.25, 0.3) is 22.5 Å². The van der Waals surface area contributed by atoms with Gasteiger partial charge < -0.3 is 47.9 Å². The highest BCUT2D eigenvalue weighted by molar-refractivity contribution is 5.77. The number of carbonyl (C=O) groups is 2. The molecule has 1 amide bonds. The number of aromatic nitrogens is 4. The Morgan fingerprint density at radius 3 is 1.55 bits per heavy atom. The molecule has 340 valence electrons. The van der Waals surface area contributed by atoms with Crippen LogP contribution in [0.15, 0.2) is 107 Å². The Kier molecular flexibility index (Phi) is 12.4. The number of benzene rings is 4. The number of aryl methyl sites for hydroxylation is 2. The maximum absolute atomic E-state index is 12.7. The third-order valence-electron chi connectivity index (χ3n) is 11.1. The lowest BCUT2D eigenvalue weighted by molar-refractivity contribution is -0.139. The van der Waals surface area contributed by atoms with Crippen LogP contribution in [-0.4, -0.2) is 107 Å². The summed E-state index contributed by atoms with van der Waals surface area (Å²) in [5, 5.41) is 8.80. The van der Waals surface area contributed by atoms with Crippen LogP contribution in [0.3, 0.4) is 0 Å². The van der Waals surface area contributed by atoms with E-state index in [1.807, 2.05) is 66.7 Å². The predicted molar refractivity (Wildman–Crippen MR) is 236 cm³/mol. The fourth-order valence-corrected chi connectivity index (χ4v) is 7.76. The van der Waals surface area contributed by atoms with Crippen LogP contribution in [0.1, 0.15) is 11.1 Å². The van der Waals surface area contributed by atoms with Crippen molar-refractivity contribution < 1.29 is 52.6 Å². The number of carboxylic acids is 1. The first-order valence-corrected chi connectivity index (χ1v) is 21.2. The number of aliphatic carboxylic acids is 1. The molecule has 0 fully saturated rings. The highest BCUT2D eigenvalue weighted by atomic mass is 16.6. The Labute approximate surface area is 377 Å². The van der Waals surface area contributed by atoms with Crippen molar-refractivity contribution in [3.8, 4) is 68.8 Å². The Morgan fingerprint density at radius 2 is 1.09 bits per heavy atom. The molecule has 6 aromatic rings. The number of rotatable bonds is 12. The molecule has 0 bridgehead atoms. The van der Waals surface area contributed by atoms with Crippen molar-refractivity contribution in [3.63, 3.8) is 0 Å². The van der Waals surface area contributed by atoms with Gasteiger partial charge in [-0.15, -0.1) is 0 Å². The molecular weight excluding hydrogens is 855 g/mol. The Balaban J connectivity index is 0.000000166. The van der Waals surface area contributed by atoms with Gasteiger partial charge in [0.2, 0.25) is 11.8 Å². The summed E-state index contributed by atoms with van der Waals surface area (Å²) in [4.78, 5) is 57.4. The lowest BCUT2D eigenvalue weighted by Gasteiger charge is -2.26. The average Bonchev–Trinajstić information content (AvgIpc) is 3.33. The second-order valence-corrected chi connectivity index (χ2v) is 15.8. The van der Waals surface area contributed by atoms with E-state index in [-0.39, 0.29) is 61.1 Å². The number of ether oxygens (including phenoxy) is 8. The van der Waals surface area contributed by atoms with E-state index >= 15 is 0 Å². The Bertz CT molecular complexity index is 2910. The molecule has 4 aliphatic rings. The largest absolute Gasteiger partial charge is 0.486 e. The van der Waals surface area contributed by atoms with Crippen LogP contribution in [-0.2, 0) is 35.5 Å². The molecule has 18 heteroatoms. The zero-order valence-electron chi connectivity index (χ0n) is 36.0. The SMILES string of the molecule is CN(C)C(=O)COc1ccc2c(c1)CCn1c-2cc(OCC2COc3ccccc3O2)nc1=O.O=C(O)COc1ccc2c(c1)CCn1c-2cc(OCC2COc3ccccc3O2)nc1=O. The Morgan fingerprint density at radius 1 is 0.636 bits per heavy atom. The minimum absolute atomic E-state index is 0.0266. The first-order valence-electron chi connectivity index (χ1n) is 21.2. The molecule has 2 aromatic heterocycles. The van der Waals surface area contributed by atoms with Gasteiger partial charge in [0.05, 0.1) is 11.4 Å². The maximum Gasteiger partial charge on any atom is 0.351 e. The van der Waals surface area contributed by atoms with Crippen molar-refractivity contribution >= 4 is 11.9 Å². The van der Waals surface area contributed by atoms with E-state index in [0.717, 1.165) is 27.9 Å². The molecule has 4 aliphatic heterocycles. The van der Waals surface area contributed by atoms with E-state index in [4.69, 9.17) is 43.0 Å². The van der Waals surface area contributed by atoms with E-state index < -0.39 is 12.6 Å². The van der Waals surface area contributed by atoms with Crippen molar-refractivity contribution in [2.45, 2.75) is 38.1 Å². The first-order chi connectivity index (χ1) is 32.0. The second-order valence-electron chi connectivity index (χ2n) is 15.8. The molecule has 10 rings (SSSR count). The Hall–Kier alpha value is -8.02. The number of fused-ring (bicyclic) bond motifs is 8. The number of carbonyl (C=O) groups excluding carboxylic acids is 1. The van der Waals surface area contributed by atoms with Crippen molar-refractivity contribution in [2.24, 2.45) is 0 Å². The van der Waals surface area contributed by atoms with Crippen LogP contribution < -0.4 is 49.3 Å². The zero-order chi connectivity index (χ0) is 45.7. The maximum atomic E-state index is 12.7. The minimum Gasteiger partial charge on any atom is -0.486 e. The van der Waals surface area contributed by atoms with Crippen molar-refractivity contribution in [3.05, 3.63) is 129 Å². The lowest BCUT2D eigenvalue weighted by Crippen LogP contribution is -2.35. The van der Waals surface area contributed by atoms with E-state index in [1.165, 1.54) is 4.90 Å². The van der Waals surface area contributed by atoms with Crippen LogP contribution in [0.2, 0.25) is 0 Å². The van der Waals surface area contributed by atoms with Gasteiger partial charge >= 0.3 is 17.3 Å². The minimum atomic E-state index is -1.04. The average molecular weight is 900 g/mol. The topological polar surface area (TPSA) is 201 Å². The van der Waals surface area contributed by atoms with Crippen LogP contribution in [0, 0.1) is 0 Å². The zero-order valence-corrected chi connectivity index (χ0v) is 36.0. The normalized spacial score (nSPS) is 15.8. The molecule has 0 saturated heterocycles. The summed E-state index contributed by atoms with van der Waals surface area (Å²) in [6, 6.07) is 29.3. The van der Waals surface area contributed by atoms with Gasteiger partial charge in [0.25, 0.3) is 5.91 Å². The molecule has 18 nitrogen and oxygen atoms in total. The van der Waals surface area contributed by atoms with Crippen LogP contribution >= 0.6 is 0 Å².